The standard InChI is InChI=1S/C16H11ClN2O2S2/c1-9-4-5-10(7-13(9)17)19-15(21)12(14(20)18-16(19)22)8-11-3-2-6-23-11/h2-8H,1H3,(H,18,20,22)/b12-8+. The van der Waals surface area contributed by atoms with Gasteiger partial charge < -0.3 is 0 Å². The molecule has 2 amide bonds. The Labute approximate surface area is 147 Å². The summed E-state index contributed by atoms with van der Waals surface area (Å²) in [5.74, 6) is -0.963. The normalized spacial score (nSPS) is 16.9. The van der Waals surface area contributed by atoms with E-state index in [9.17, 15) is 9.59 Å². The van der Waals surface area contributed by atoms with E-state index in [2.05, 4.69) is 5.32 Å². The van der Waals surface area contributed by atoms with Gasteiger partial charge in [-0.25, -0.2) is 0 Å². The van der Waals surface area contributed by atoms with Crippen molar-refractivity contribution in [3.63, 3.8) is 0 Å². The molecule has 0 atom stereocenters. The van der Waals surface area contributed by atoms with Gasteiger partial charge in [-0.15, -0.1) is 11.3 Å². The second-order valence-corrected chi connectivity index (χ2v) is 6.68. The average molecular weight is 363 g/mol. The number of rotatable bonds is 2. The number of halogens is 1. The predicted molar refractivity (Wildman–Crippen MR) is 96.7 cm³/mol. The molecule has 1 aromatic heterocycles. The fourth-order valence-electron chi connectivity index (χ4n) is 2.13. The molecule has 1 saturated heterocycles. The number of amides is 2. The van der Waals surface area contributed by atoms with E-state index in [1.165, 1.54) is 16.2 Å². The van der Waals surface area contributed by atoms with Gasteiger partial charge >= 0.3 is 0 Å². The zero-order valence-electron chi connectivity index (χ0n) is 12.0. The highest BCUT2D eigenvalue weighted by Crippen LogP contribution is 2.27. The first-order chi connectivity index (χ1) is 11.0. The average Bonchev–Trinajstić information content (AvgIpc) is 3.00. The van der Waals surface area contributed by atoms with Crippen LogP contribution >= 0.6 is 35.2 Å². The summed E-state index contributed by atoms with van der Waals surface area (Å²) in [6, 6.07) is 8.88. The van der Waals surface area contributed by atoms with Gasteiger partial charge in [0, 0.05) is 9.90 Å². The molecule has 7 heteroatoms. The van der Waals surface area contributed by atoms with Crippen molar-refractivity contribution in [3.8, 4) is 0 Å². The molecule has 0 radical (unpaired) electrons. The second-order valence-electron chi connectivity index (χ2n) is 4.91. The number of aryl methyl sites for hydroxylation is 1. The summed E-state index contributed by atoms with van der Waals surface area (Å²) in [5.41, 5.74) is 1.45. The fraction of sp³-hybridized carbons (Fsp3) is 0.0625. The first-order valence-electron chi connectivity index (χ1n) is 6.68. The molecule has 3 rings (SSSR count). The van der Waals surface area contributed by atoms with Crippen molar-refractivity contribution in [1.82, 2.24) is 5.32 Å². The molecule has 1 N–H and O–H groups in total. The monoisotopic (exact) mass is 362 g/mol. The van der Waals surface area contributed by atoms with Crippen LogP contribution in [0.5, 0.6) is 0 Å². The third-order valence-electron chi connectivity index (χ3n) is 3.35. The van der Waals surface area contributed by atoms with Gasteiger partial charge in [-0.3, -0.25) is 19.8 Å². The summed E-state index contributed by atoms with van der Waals surface area (Å²) in [6.07, 6.45) is 1.56. The Kier molecular flexibility index (Phi) is 4.30. The summed E-state index contributed by atoms with van der Waals surface area (Å²) in [5, 5.41) is 4.99. The number of nitrogens with one attached hydrogen (secondary N) is 1. The van der Waals surface area contributed by atoms with Gasteiger partial charge in [0.15, 0.2) is 5.11 Å². The lowest BCUT2D eigenvalue weighted by Gasteiger charge is -2.29. The second kappa shape index (κ2) is 6.23. The molecule has 0 saturated carbocycles. The minimum Gasteiger partial charge on any atom is -0.298 e. The SMILES string of the molecule is Cc1ccc(N2C(=O)/C(=C/c3cccs3)C(=O)NC2=S)cc1Cl. The van der Waals surface area contributed by atoms with Crippen LogP contribution in [0.25, 0.3) is 6.08 Å². The molecule has 23 heavy (non-hydrogen) atoms. The summed E-state index contributed by atoms with van der Waals surface area (Å²) in [7, 11) is 0. The first-order valence-corrected chi connectivity index (χ1v) is 8.35. The number of hydrogen-bond donors (Lipinski definition) is 1. The molecule has 2 aromatic rings. The summed E-state index contributed by atoms with van der Waals surface area (Å²) < 4.78 is 0. The molecule has 1 aromatic carbocycles. The van der Waals surface area contributed by atoms with E-state index in [1.54, 1.807) is 24.3 Å². The maximum absolute atomic E-state index is 12.7. The van der Waals surface area contributed by atoms with Crippen LogP contribution in [0.4, 0.5) is 5.69 Å². The fourth-order valence-corrected chi connectivity index (χ4v) is 3.24. The van der Waals surface area contributed by atoms with Gasteiger partial charge in [-0.2, -0.15) is 0 Å². The van der Waals surface area contributed by atoms with Gasteiger partial charge in [0.05, 0.1) is 5.69 Å². The largest absolute Gasteiger partial charge is 0.298 e. The van der Waals surface area contributed by atoms with Gasteiger partial charge in [0.1, 0.15) is 5.57 Å². The predicted octanol–water partition coefficient (Wildman–Crippen LogP) is 3.54. The molecule has 4 nitrogen and oxygen atoms in total. The van der Waals surface area contributed by atoms with E-state index in [0.717, 1.165) is 10.4 Å². The van der Waals surface area contributed by atoms with Crippen LogP contribution in [-0.2, 0) is 9.59 Å². The van der Waals surface area contributed by atoms with Crippen molar-refractivity contribution in [2.24, 2.45) is 0 Å². The maximum Gasteiger partial charge on any atom is 0.270 e. The highest BCUT2D eigenvalue weighted by Gasteiger charge is 2.34. The zero-order valence-corrected chi connectivity index (χ0v) is 14.4. The summed E-state index contributed by atoms with van der Waals surface area (Å²) >= 11 is 12.7. The number of carbonyl (C=O) groups is 2. The Bertz CT molecular complexity index is 844. The molecule has 1 aliphatic heterocycles. The number of thiocarbonyl (C=S) groups is 1. The van der Waals surface area contributed by atoms with E-state index in [0.29, 0.717) is 10.7 Å². The first kappa shape index (κ1) is 15.9. The van der Waals surface area contributed by atoms with Crippen LogP contribution < -0.4 is 10.2 Å². The molecule has 0 bridgehead atoms. The van der Waals surface area contributed by atoms with Crippen LogP contribution in [0.3, 0.4) is 0 Å². The van der Waals surface area contributed by atoms with Gasteiger partial charge in [-0.05, 0) is 54.4 Å². The Morgan fingerprint density at radius 3 is 2.74 bits per heavy atom. The molecule has 0 unspecified atom stereocenters. The lowest BCUT2D eigenvalue weighted by Crippen LogP contribution is -2.54. The smallest absolute Gasteiger partial charge is 0.270 e. The maximum atomic E-state index is 12.7. The number of carbonyl (C=O) groups excluding carboxylic acids is 2. The minimum absolute atomic E-state index is 0.0396. The van der Waals surface area contributed by atoms with Crippen molar-refractivity contribution >= 4 is 63.8 Å². The van der Waals surface area contributed by atoms with Crippen LogP contribution in [-0.4, -0.2) is 16.9 Å². The van der Waals surface area contributed by atoms with Crippen LogP contribution in [0, 0.1) is 6.92 Å². The molecular formula is C16H11ClN2O2S2. The molecular weight excluding hydrogens is 352 g/mol. The van der Waals surface area contributed by atoms with Gasteiger partial charge in [0.25, 0.3) is 11.8 Å². The molecule has 1 aliphatic rings. The Morgan fingerprint density at radius 1 is 1.30 bits per heavy atom. The van der Waals surface area contributed by atoms with E-state index in [-0.39, 0.29) is 10.7 Å². The Morgan fingerprint density at radius 2 is 2.09 bits per heavy atom. The van der Waals surface area contributed by atoms with Gasteiger partial charge in [0.2, 0.25) is 0 Å². The minimum atomic E-state index is -0.497. The van der Waals surface area contributed by atoms with Crippen LogP contribution in [0.2, 0.25) is 5.02 Å². The lowest BCUT2D eigenvalue weighted by molar-refractivity contribution is -0.122. The van der Waals surface area contributed by atoms with Gasteiger partial charge in [-0.1, -0.05) is 23.7 Å². The zero-order chi connectivity index (χ0) is 16.6. The van der Waals surface area contributed by atoms with Crippen LogP contribution in [0.15, 0.2) is 41.3 Å². The molecule has 1 fully saturated rings. The van der Waals surface area contributed by atoms with E-state index in [1.807, 2.05) is 24.4 Å². The molecule has 2 heterocycles. The number of thiophene rings is 1. The third kappa shape index (κ3) is 3.06. The summed E-state index contributed by atoms with van der Waals surface area (Å²) in [4.78, 5) is 26.9. The lowest BCUT2D eigenvalue weighted by atomic mass is 10.1. The van der Waals surface area contributed by atoms with E-state index in [4.69, 9.17) is 23.8 Å². The van der Waals surface area contributed by atoms with Crippen molar-refractivity contribution < 1.29 is 9.59 Å². The van der Waals surface area contributed by atoms with E-state index < -0.39 is 11.8 Å². The van der Waals surface area contributed by atoms with Crippen molar-refractivity contribution in [1.29, 1.82) is 0 Å². The number of anilines is 1. The van der Waals surface area contributed by atoms with Crippen molar-refractivity contribution in [2.45, 2.75) is 6.92 Å². The van der Waals surface area contributed by atoms with E-state index >= 15 is 0 Å². The number of benzene rings is 1. The Hall–Kier alpha value is -2.02. The quantitative estimate of drug-likeness (QED) is 0.505. The molecule has 0 spiro atoms. The molecule has 0 aliphatic carbocycles. The molecule has 116 valence electrons. The van der Waals surface area contributed by atoms with Crippen LogP contribution in [0.1, 0.15) is 10.4 Å². The van der Waals surface area contributed by atoms with Crippen molar-refractivity contribution in [2.75, 3.05) is 4.90 Å². The number of hydrogen-bond acceptors (Lipinski definition) is 4. The summed E-state index contributed by atoms with van der Waals surface area (Å²) in [6.45, 7) is 1.87. The highest BCUT2D eigenvalue weighted by molar-refractivity contribution is 7.80. The Balaban J connectivity index is 2.03. The highest BCUT2D eigenvalue weighted by atomic mass is 35.5. The van der Waals surface area contributed by atoms with Crippen molar-refractivity contribution in [3.05, 3.63) is 56.7 Å². The third-order valence-corrected chi connectivity index (χ3v) is 4.86. The topological polar surface area (TPSA) is 49.4 Å². The number of nitrogens with zero attached hydrogens (tertiary/aromatic N) is 1.